The van der Waals surface area contributed by atoms with Gasteiger partial charge in [-0.2, -0.15) is 0 Å². The minimum absolute atomic E-state index is 0.0727. The maximum absolute atomic E-state index is 14.7. The Labute approximate surface area is 183 Å². The number of morpholine rings is 1. The smallest absolute Gasteiger partial charge is 0.414 e. The average Bonchev–Trinajstić information content (AvgIpc) is 3.11. The van der Waals surface area contributed by atoms with Crippen LogP contribution in [-0.4, -0.2) is 89.2 Å². The third kappa shape index (κ3) is 6.30. The van der Waals surface area contributed by atoms with E-state index in [4.69, 9.17) is 9.47 Å². The number of likely N-dealkylation sites (N-methyl/N-ethyl adjacent to an activating group) is 1. The second-order valence-electron chi connectivity index (χ2n) is 8.83. The Bertz CT molecular complexity index is 783. The fraction of sp³-hybridized carbons (Fsp3) is 0.636. The van der Waals surface area contributed by atoms with Gasteiger partial charge in [0.1, 0.15) is 11.9 Å². The number of hydrogen-bond donors (Lipinski definition) is 1. The summed E-state index contributed by atoms with van der Waals surface area (Å²) in [7, 11) is 4.06. The fourth-order valence-corrected chi connectivity index (χ4v) is 3.90. The standard InChI is InChI=1S/C22H33FN4O4/c1-4-5-10-27(2,3)16-21(28)24-14-18-15-26(22(29)31-18)17-6-7-20(19(23)13-17)25-8-11-30-12-9-25/h6-7,13,18H,4-5,8-12,14-16H2,1-3H3/p+1/t18-/m0/s1. The quantitative estimate of drug-likeness (QED) is 0.599. The minimum Gasteiger partial charge on any atom is -0.442 e. The molecule has 3 rings (SSSR count). The van der Waals surface area contributed by atoms with Crippen molar-refractivity contribution in [3.05, 3.63) is 24.0 Å². The van der Waals surface area contributed by atoms with E-state index in [1.807, 2.05) is 19.0 Å². The topological polar surface area (TPSA) is 71.1 Å². The van der Waals surface area contributed by atoms with Gasteiger partial charge in [-0.25, -0.2) is 9.18 Å². The summed E-state index contributed by atoms with van der Waals surface area (Å²) in [4.78, 5) is 28.0. The number of nitrogens with zero attached hydrogens (tertiary/aromatic N) is 3. The van der Waals surface area contributed by atoms with Gasteiger partial charge < -0.3 is 24.2 Å². The highest BCUT2D eigenvalue weighted by Crippen LogP contribution is 2.28. The molecule has 0 radical (unpaired) electrons. The first-order valence-electron chi connectivity index (χ1n) is 11.0. The van der Waals surface area contributed by atoms with Gasteiger partial charge in [-0.05, 0) is 24.6 Å². The van der Waals surface area contributed by atoms with Crippen LogP contribution < -0.4 is 15.1 Å². The van der Waals surface area contributed by atoms with E-state index in [1.54, 1.807) is 12.1 Å². The number of nitrogens with one attached hydrogen (secondary N) is 1. The first-order chi connectivity index (χ1) is 14.8. The van der Waals surface area contributed by atoms with Crippen LogP contribution in [0.1, 0.15) is 19.8 Å². The molecule has 1 aromatic rings. The van der Waals surface area contributed by atoms with E-state index in [2.05, 4.69) is 12.2 Å². The number of cyclic esters (lactones) is 1. The van der Waals surface area contributed by atoms with Crippen molar-refractivity contribution in [2.24, 2.45) is 0 Å². The first kappa shape index (κ1) is 23.3. The predicted molar refractivity (Wildman–Crippen MR) is 117 cm³/mol. The van der Waals surface area contributed by atoms with Crippen LogP contribution in [0.25, 0.3) is 0 Å². The number of anilines is 2. The average molecular weight is 438 g/mol. The van der Waals surface area contributed by atoms with Crippen molar-refractivity contribution in [2.45, 2.75) is 25.9 Å². The molecule has 2 heterocycles. The number of unbranched alkanes of at least 4 members (excludes halogenated alkanes) is 1. The Morgan fingerprint density at radius 3 is 2.71 bits per heavy atom. The molecule has 2 amide bonds. The summed E-state index contributed by atoms with van der Waals surface area (Å²) in [6.07, 6.45) is 1.16. The summed E-state index contributed by atoms with van der Waals surface area (Å²) in [5, 5.41) is 2.86. The van der Waals surface area contributed by atoms with Crippen molar-refractivity contribution in [3.63, 3.8) is 0 Å². The number of carbonyl (C=O) groups is 2. The number of ether oxygens (including phenoxy) is 2. The Hall–Kier alpha value is -2.39. The third-order valence-electron chi connectivity index (χ3n) is 5.68. The molecule has 31 heavy (non-hydrogen) atoms. The van der Waals surface area contributed by atoms with Gasteiger partial charge in [0.25, 0.3) is 5.91 Å². The third-order valence-corrected chi connectivity index (χ3v) is 5.68. The molecule has 1 N–H and O–H groups in total. The largest absolute Gasteiger partial charge is 0.442 e. The molecule has 0 spiro atoms. The maximum atomic E-state index is 14.7. The van der Waals surface area contributed by atoms with Gasteiger partial charge in [-0.1, -0.05) is 13.3 Å². The molecular formula is C22H34FN4O4+. The van der Waals surface area contributed by atoms with Gasteiger partial charge in [0.15, 0.2) is 6.54 Å². The molecule has 0 aromatic heterocycles. The zero-order chi connectivity index (χ0) is 22.4. The molecule has 0 saturated carbocycles. The van der Waals surface area contributed by atoms with E-state index < -0.39 is 12.2 Å². The molecule has 2 saturated heterocycles. The van der Waals surface area contributed by atoms with E-state index in [0.717, 1.165) is 19.4 Å². The molecule has 2 aliphatic heterocycles. The number of rotatable bonds is 9. The minimum atomic E-state index is -0.531. The van der Waals surface area contributed by atoms with Crippen molar-refractivity contribution >= 4 is 23.4 Å². The van der Waals surface area contributed by atoms with Crippen LogP contribution in [0, 0.1) is 5.82 Å². The Kier molecular flexibility index (Phi) is 7.72. The van der Waals surface area contributed by atoms with Crippen LogP contribution in [0.4, 0.5) is 20.6 Å². The summed E-state index contributed by atoms with van der Waals surface area (Å²) < 4.78 is 26.0. The van der Waals surface area contributed by atoms with Gasteiger partial charge in [0, 0.05) is 13.1 Å². The van der Waals surface area contributed by atoms with Crippen molar-refractivity contribution in [1.82, 2.24) is 5.32 Å². The zero-order valence-electron chi connectivity index (χ0n) is 18.7. The maximum Gasteiger partial charge on any atom is 0.414 e. The number of benzene rings is 1. The number of amides is 2. The highest BCUT2D eigenvalue weighted by atomic mass is 19.1. The van der Waals surface area contributed by atoms with Crippen molar-refractivity contribution in [2.75, 3.05) is 76.4 Å². The van der Waals surface area contributed by atoms with E-state index in [1.165, 1.54) is 11.0 Å². The Balaban J connectivity index is 1.53. The van der Waals surface area contributed by atoms with Crippen LogP contribution in [0.5, 0.6) is 0 Å². The van der Waals surface area contributed by atoms with Gasteiger partial charge in [-0.15, -0.1) is 0 Å². The van der Waals surface area contributed by atoms with Gasteiger partial charge in [-0.3, -0.25) is 9.69 Å². The van der Waals surface area contributed by atoms with E-state index >= 15 is 0 Å². The molecule has 2 fully saturated rings. The number of quaternary nitrogens is 1. The van der Waals surface area contributed by atoms with Crippen LogP contribution in [-0.2, 0) is 14.3 Å². The van der Waals surface area contributed by atoms with E-state index in [9.17, 15) is 14.0 Å². The summed E-state index contributed by atoms with van der Waals surface area (Å²) in [6.45, 7) is 6.36. The van der Waals surface area contributed by atoms with Gasteiger partial charge in [0.05, 0.1) is 58.3 Å². The molecular weight excluding hydrogens is 403 g/mol. The fourth-order valence-electron chi connectivity index (χ4n) is 3.90. The van der Waals surface area contributed by atoms with Crippen molar-refractivity contribution in [1.29, 1.82) is 0 Å². The lowest BCUT2D eigenvalue weighted by Gasteiger charge is -2.29. The summed E-state index contributed by atoms with van der Waals surface area (Å²) in [5.41, 5.74) is 0.956. The van der Waals surface area contributed by atoms with Crippen molar-refractivity contribution < 1.29 is 27.9 Å². The van der Waals surface area contributed by atoms with Gasteiger partial charge in [0.2, 0.25) is 0 Å². The summed E-state index contributed by atoms with van der Waals surface area (Å²) in [6, 6.07) is 4.78. The Morgan fingerprint density at radius 2 is 2.03 bits per heavy atom. The molecule has 2 aliphatic rings. The first-order valence-corrected chi connectivity index (χ1v) is 11.0. The van der Waals surface area contributed by atoms with E-state index in [-0.39, 0.29) is 24.8 Å². The molecule has 8 nitrogen and oxygen atoms in total. The van der Waals surface area contributed by atoms with Crippen LogP contribution >= 0.6 is 0 Å². The normalized spacial score (nSPS) is 19.5. The van der Waals surface area contributed by atoms with Crippen molar-refractivity contribution in [3.8, 4) is 0 Å². The van der Waals surface area contributed by atoms with Crippen LogP contribution in [0.2, 0.25) is 0 Å². The van der Waals surface area contributed by atoms with Gasteiger partial charge >= 0.3 is 6.09 Å². The Morgan fingerprint density at radius 1 is 1.29 bits per heavy atom. The molecule has 0 bridgehead atoms. The summed E-state index contributed by atoms with van der Waals surface area (Å²) in [5.74, 6) is -0.451. The lowest BCUT2D eigenvalue weighted by molar-refractivity contribution is -0.882. The second-order valence-corrected chi connectivity index (χ2v) is 8.83. The molecule has 1 atom stereocenters. The molecule has 9 heteroatoms. The van der Waals surface area contributed by atoms with Crippen LogP contribution in [0.15, 0.2) is 18.2 Å². The molecule has 0 aliphatic carbocycles. The highest BCUT2D eigenvalue weighted by molar-refractivity contribution is 5.90. The zero-order valence-corrected chi connectivity index (χ0v) is 18.7. The number of carbonyl (C=O) groups excluding carboxylic acids is 2. The highest BCUT2D eigenvalue weighted by Gasteiger charge is 2.33. The number of halogens is 1. The second kappa shape index (κ2) is 10.3. The molecule has 172 valence electrons. The SMILES string of the molecule is CCCC[N+](C)(C)CC(=O)NC[C@H]1CN(c2ccc(N3CCOCC3)c(F)c2)C(=O)O1. The lowest BCUT2D eigenvalue weighted by atomic mass is 10.2. The lowest BCUT2D eigenvalue weighted by Crippen LogP contribution is -2.49. The molecule has 1 aromatic carbocycles. The van der Waals surface area contributed by atoms with E-state index in [0.29, 0.717) is 48.7 Å². The molecule has 0 unspecified atom stereocenters. The monoisotopic (exact) mass is 437 g/mol. The predicted octanol–water partition coefficient (Wildman–Crippen LogP) is 1.98. The summed E-state index contributed by atoms with van der Waals surface area (Å²) >= 11 is 0. The van der Waals surface area contributed by atoms with Crippen LogP contribution in [0.3, 0.4) is 0 Å². The number of hydrogen-bond acceptors (Lipinski definition) is 5.